The molecule has 0 spiro atoms. The largest absolute Gasteiger partial charge is 0.339 e. The van der Waals surface area contributed by atoms with Crippen LogP contribution < -0.4 is 0 Å². The number of carbonyl (C=O) groups excluding carboxylic acids is 5. The quantitative estimate of drug-likeness (QED) is 0.444. The molecular weight excluding hydrogens is 484 g/mol. The average Bonchev–Trinajstić information content (AvgIpc) is 3.62. The summed E-state index contributed by atoms with van der Waals surface area (Å²) in [5, 5.41) is 1.47. The first-order valence-corrected chi connectivity index (χ1v) is 13.3. The van der Waals surface area contributed by atoms with Crippen LogP contribution in [0.3, 0.4) is 0 Å². The molecule has 9 heteroatoms. The molecule has 5 aliphatic rings. The Morgan fingerprint density at radius 1 is 0.737 bits per heavy atom. The third-order valence-corrected chi connectivity index (χ3v) is 9.08. The first-order valence-electron chi connectivity index (χ1n) is 13.3. The fraction of sp³-hybridized carbons (Fsp3) is 0.414. The molecule has 38 heavy (non-hydrogen) atoms. The van der Waals surface area contributed by atoms with Gasteiger partial charge in [-0.15, -0.1) is 0 Å². The molecule has 7 rings (SSSR count). The number of nitrogens with zero attached hydrogens (tertiary/aromatic N) is 4. The first kappa shape index (κ1) is 23.3. The van der Waals surface area contributed by atoms with Gasteiger partial charge < -0.3 is 4.90 Å². The lowest BCUT2D eigenvalue weighted by molar-refractivity contribution is -0.141. The molecule has 3 fully saturated rings. The summed E-state index contributed by atoms with van der Waals surface area (Å²) in [6.07, 6.45) is 5.12. The number of carbonyl (C=O) groups is 5. The molecule has 5 amide bonds. The van der Waals surface area contributed by atoms with Crippen molar-refractivity contribution in [3.63, 3.8) is 0 Å². The zero-order chi connectivity index (χ0) is 26.1. The van der Waals surface area contributed by atoms with Crippen molar-refractivity contribution in [1.29, 1.82) is 0 Å². The number of imide groups is 2. The highest BCUT2D eigenvalue weighted by atomic mass is 16.2. The predicted molar refractivity (Wildman–Crippen MR) is 137 cm³/mol. The fourth-order valence-electron chi connectivity index (χ4n) is 7.11. The number of fused-ring (bicyclic) bond motifs is 5. The normalized spacial score (nSPS) is 28.3. The van der Waals surface area contributed by atoms with E-state index in [2.05, 4.69) is 17.1 Å². The maximum absolute atomic E-state index is 13.1. The number of piperazine rings is 1. The highest BCUT2D eigenvalue weighted by molar-refractivity contribution is 6.26. The summed E-state index contributed by atoms with van der Waals surface area (Å²) in [5.74, 6) is -1.14. The summed E-state index contributed by atoms with van der Waals surface area (Å²) in [6.45, 7) is 2.78. The van der Waals surface area contributed by atoms with Crippen LogP contribution >= 0.6 is 0 Å². The minimum Gasteiger partial charge on any atom is -0.339 e. The van der Waals surface area contributed by atoms with Gasteiger partial charge >= 0.3 is 0 Å². The van der Waals surface area contributed by atoms with Gasteiger partial charge in [0, 0.05) is 55.8 Å². The lowest BCUT2D eigenvalue weighted by atomic mass is 9.85. The second kappa shape index (κ2) is 8.59. The maximum atomic E-state index is 13.1. The van der Waals surface area contributed by atoms with Gasteiger partial charge in [0.1, 0.15) is 6.54 Å². The zero-order valence-corrected chi connectivity index (χ0v) is 20.9. The van der Waals surface area contributed by atoms with Crippen LogP contribution in [0.1, 0.15) is 27.1 Å². The number of hydrogen-bond acceptors (Lipinski definition) is 6. The molecule has 3 aliphatic heterocycles. The molecule has 4 atom stereocenters. The van der Waals surface area contributed by atoms with Gasteiger partial charge in [0.25, 0.3) is 11.8 Å². The minimum absolute atomic E-state index is 0.0289. The van der Waals surface area contributed by atoms with Gasteiger partial charge in [-0.25, -0.2) is 0 Å². The van der Waals surface area contributed by atoms with E-state index in [0.29, 0.717) is 55.8 Å². The first-order chi connectivity index (χ1) is 18.4. The van der Waals surface area contributed by atoms with E-state index in [-0.39, 0.29) is 47.9 Å². The Labute approximate surface area is 219 Å². The highest BCUT2D eigenvalue weighted by Crippen LogP contribution is 2.52. The van der Waals surface area contributed by atoms with Crippen molar-refractivity contribution in [2.75, 3.05) is 45.8 Å². The molecule has 9 nitrogen and oxygen atoms in total. The lowest BCUT2D eigenvalue weighted by Crippen LogP contribution is -2.54. The van der Waals surface area contributed by atoms with Gasteiger partial charge in [-0.1, -0.05) is 36.4 Å². The minimum atomic E-state index is -0.445. The Kier molecular flexibility index (Phi) is 5.26. The number of benzene rings is 2. The third kappa shape index (κ3) is 3.37. The molecule has 2 aliphatic carbocycles. The van der Waals surface area contributed by atoms with Gasteiger partial charge in [-0.3, -0.25) is 38.7 Å². The Morgan fingerprint density at radius 2 is 1.32 bits per heavy atom. The van der Waals surface area contributed by atoms with E-state index < -0.39 is 11.8 Å². The van der Waals surface area contributed by atoms with Crippen LogP contribution in [0.25, 0.3) is 10.8 Å². The third-order valence-electron chi connectivity index (χ3n) is 9.08. The van der Waals surface area contributed by atoms with E-state index in [0.717, 1.165) is 16.7 Å². The second-order valence-corrected chi connectivity index (χ2v) is 11.0. The molecule has 2 bridgehead atoms. The van der Waals surface area contributed by atoms with Gasteiger partial charge in [-0.2, -0.15) is 0 Å². The molecule has 0 unspecified atom stereocenters. The Morgan fingerprint density at radius 3 is 1.89 bits per heavy atom. The van der Waals surface area contributed by atoms with E-state index in [1.54, 1.807) is 29.2 Å². The van der Waals surface area contributed by atoms with Gasteiger partial charge in [0.05, 0.1) is 11.8 Å². The van der Waals surface area contributed by atoms with Crippen LogP contribution in [0.5, 0.6) is 0 Å². The fourth-order valence-corrected chi connectivity index (χ4v) is 7.11. The summed E-state index contributed by atoms with van der Waals surface area (Å²) in [6, 6.07) is 10.7. The molecule has 2 aromatic carbocycles. The summed E-state index contributed by atoms with van der Waals surface area (Å²) in [5.41, 5.74) is 0.878. The standard InChI is InChI=1S/C29H28N4O5/c34-22(16-33-26(35)20-5-1-3-17-4-2-6-21(23(17)20)27(33)36)31-12-9-30(10-13-31)11-14-32-28(37)24-18-7-8-19(15-18)25(24)29(32)38/h1-8,18-19,24-25H,9-16H2/t18-,19-,24-,25+/m0/s1. The Bertz CT molecular complexity index is 1360. The predicted octanol–water partition coefficient (Wildman–Crippen LogP) is 1.39. The van der Waals surface area contributed by atoms with Crippen molar-refractivity contribution in [2.24, 2.45) is 23.7 Å². The molecule has 194 valence electrons. The summed E-state index contributed by atoms with van der Waals surface area (Å²) < 4.78 is 0. The van der Waals surface area contributed by atoms with Gasteiger partial charge in [-0.05, 0) is 35.8 Å². The van der Waals surface area contributed by atoms with E-state index in [1.165, 1.54) is 4.90 Å². The summed E-state index contributed by atoms with van der Waals surface area (Å²) in [7, 11) is 0. The van der Waals surface area contributed by atoms with Crippen LogP contribution in [-0.2, 0) is 14.4 Å². The molecule has 0 aromatic heterocycles. The molecule has 0 radical (unpaired) electrons. The second-order valence-electron chi connectivity index (χ2n) is 11.0. The zero-order valence-electron chi connectivity index (χ0n) is 20.9. The van der Waals surface area contributed by atoms with E-state index >= 15 is 0 Å². The Hall–Kier alpha value is -3.85. The average molecular weight is 513 g/mol. The lowest BCUT2D eigenvalue weighted by Gasteiger charge is -2.36. The van der Waals surface area contributed by atoms with Crippen LogP contribution in [0, 0.1) is 23.7 Å². The topological polar surface area (TPSA) is 98.3 Å². The van der Waals surface area contributed by atoms with E-state index in [4.69, 9.17) is 0 Å². The van der Waals surface area contributed by atoms with Crippen LogP contribution in [0.2, 0.25) is 0 Å². The van der Waals surface area contributed by atoms with Crippen molar-refractivity contribution in [2.45, 2.75) is 6.42 Å². The van der Waals surface area contributed by atoms with Crippen LogP contribution in [0.4, 0.5) is 0 Å². The van der Waals surface area contributed by atoms with Crippen LogP contribution in [0.15, 0.2) is 48.6 Å². The van der Waals surface area contributed by atoms with Gasteiger partial charge in [0.15, 0.2) is 0 Å². The Balaban J connectivity index is 0.948. The molecule has 2 aromatic rings. The highest BCUT2D eigenvalue weighted by Gasteiger charge is 2.59. The van der Waals surface area contributed by atoms with Crippen molar-refractivity contribution < 1.29 is 24.0 Å². The van der Waals surface area contributed by atoms with Crippen molar-refractivity contribution in [3.8, 4) is 0 Å². The maximum Gasteiger partial charge on any atom is 0.261 e. The van der Waals surface area contributed by atoms with Crippen molar-refractivity contribution in [3.05, 3.63) is 59.7 Å². The number of amides is 5. The molecule has 3 heterocycles. The van der Waals surface area contributed by atoms with E-state index in [9.17, 15) is 24.0 Å². The molecule has 2 saturated heterocycles. The summed E-state index contributed by atoms with van der Waals surface area (Å²) >= 11 is 0. The van der Waals surface area contributed by atoms with Gasteiger partial charge in [0.2, 0.25) is 17.7 Å². The number of rotatable bonds is 5. The van der Waals surface area contributed by atoms with Crippen molar-refractivity contribution >= 4 is 40.3 Å². The number of allylic oxidation sites excluding steroid dienone is 2. The molecular formula is C29H28N4O5. The SMILES string of the molecule is O=C(CN1C(=O)c2cccc3cccc(c23)C1=O)N1CCN(CCN2C(=O)[C@@H]3[C@H](C2=O)[C@H]2C=C[C@H]3C2)CC1. The number of likely N-dealkylation sites (tertiary alicyclic amines) is 1. The smallest absolute Gasteiger partial charge is 0.261 e. The van der Waals surface area contributed by atoms with Crippen LogP contribution in [-0.4, -0.2) is 94.9 Å². The van der Waals surface area contributed by atoms with E-state index in [1.807, 2.05) is 12.1 Å². The van der Waals surface area contributed by atoms with Crippen molar-refractivity contribution in [1.82, 2.24) is 19.6 Å². The summed E-state index contributed by atoms with van der Waals surface area (Å²) in [4.78, 5) is 71.5. The molecule has 1 saturated carbocycles. The monoisotopic (exact) mass is 512 g/mol. The number of hydrogen-bond donors (Lipinski definition) is 0. The molecule has 0 N–H and O–H groups in total.